The lowest BCUT2D eigenvalue weighted by atomic mass is 9.87. The molecular weight excluding hydrogens is 290 g/mol. The molecule has 0 saturated carbocycles. The van der Waals surface area contributed by atoms with E-state index in [1.165, 1.54) is 5.56 Å². The highest BCUT2D eigenvalue weighted by molar-refractivity contribution is 5.77. The van der Waals surface area contributed by atoms with Gasteiger partial charge in [-0.2, -0.15) is 0 Å². The normalized spacial score (nSPS) is 17.9. The van der Waals surface area contributed by atoms with Gasteiger partial charge in [-0.05, 0) is 48.8 Å². The molecule has 1 saturated heterocycles. The van der Waals surface area contributed by atoms with Gasteiger partial charge in [0.1, 0.15) is 5.75 Å². The standard InChI is InChI=1S/C19H29NO3/c1-14(21)15-9-11-20(12-10-15)18(22)13-23-17-7-5-16(6-8-17)19(2,3)4/h5-8,14-15,21H,9-13H2,1-4H3/t14-/m1/s1. The first-order valence-electron chi connectivity index (χ1n) is 8.46. The Morgan fingerprint density at radius 2 is 1.83 bits per heavy atom. The average Bonchev–Trinajstić information content (AvgIpc) is 2.52. The Balaban J connectivity index is 1.81. The van der Waals surface area contributed by atoms with Crippen LogP contribution in [0, 0.1) is 5.92 Å². The van der Waals surface area contributed by atoms with Gasteiger partial charge in [-0.15, -0.1) is 0 Å². The van der Waals surface area contributed by atoms with Gasteiger partial charge >= 0.3 is 0 Å². The van der Waals surface area contributed by atoms with Crippen molar-refractivity contribution in [2.24, 2.45) is 5.92 Å². The molecule has 4 nitrogen and oxygen atoms in total. The Hall–Kier alpha value is -1.55. The van der Waals surface area contributed by atoms with Crippen molar-refractivity contribution in [3.8, 4) is 5.75 Å². The van der Waals surface area contributed by atoms with E-state index in [0.717, 1.165) is 18.6 Å². The van der Waals surface area contributed by atoms with E-state index in [-0.39, 0.29) is 24.0 Å². The molecule has 0 spiro atoms. The van der Waals surface area contributed by atoms with E-state index in [1.54, 1.807) is 0 Å². The van der Waals surface area contributed by atoms with E-state index in [2.05, 4.69) is 20.8 Å². The number of aliphatic hydroxyl groups is 1. The largest absolute Gasteiger partial charge is 0.484 e. The average molecular weight is 319 g/mol. The summed E-state index contributed by atoms with van der Waals surface area (Å²) in [4.78, 5) is 14.0. The molecule has 0 radical (unpaired) electrons. The van der Waals surface area contributed by atoms with Gasteiger partial charge in [0.05, 0.1) is 6.10 Å². The maximum Gasteiger partial charge on any atom is 0.260 e. The summed E-state index contributed by atoms with van der Waals surface area (Å²) in [5, 5.41) is 9.61. The van der Waals surface area contributed by atoms with Gasteiger partial charge in [0.15, 0.2) is 6.61 Å². The fourth-order valence-electron chi connectivity index (χ4n) is 2.92. The van der Waals surface area contributed by atoms with E-state index in [0.29, 0.717) is 19.0 Å². The summed E-state index contributed by atoms with van der Waals surface area (Å²) < 4.78 is 5.62. The third-order valence-electron chi connectivity index (χ3n) is 4.66. The van der Waals surface area contributed by atoms with Gasteiger partial charge in [-0.3, -0.25) is 4.79 Å². The minimum atomic E-state index is -0.287. The second kappa shape index (κ2) is 7.35. The minimum absolute atomic E-state index is 0.0222. The molecule has 0 bridgehead atoms. The molecule has 1 aromatic carbocycles. The molecule has 1 aromatic rings. The third kappa shape index (κ3) is 4.96. The highest BCUT2D eigenvalue weighted by atomic mass is 16.5. The smallest absolute Gasteiger partial charge is 0.260 e. The van der Waals surface area contributed by atoms with E-state index < -0.39 is 0 Å². The zero-order chi connectivity index (χ0) is 17.0. The van der Waals surface area contributed by atoms with Crippen LogP contribution >= 0.6 is 0 Å². The first-order valence-corrected chi connectivity index (χ1v) is 8.46. The van der Waals surface area contributed by atoms with Crippen molar-refractivity contribution in [3.63, 3.8) is 0 Å². The topological polar surface area (TPSA) is 49.8 Å². The summed E-state index contributed by atoms with van der Waals surface area (Å²) in [5.74, 6) is 1.06. The molecule has 1 aliphatic heterocycles. The van der Waals surface area contributed by atoms with Gasteiger partial charge in [-0.25, -0.2) is 0 Å². The zero-order valence-corrected chi connectivity index (χ0v) is 14.7. The van der Waals surface area contributed by atoms with Crippen LogP contribution in [0.15, 0.2) is 24.3 Å². The molecule has 1 N–H and O–H groups in total. The molecule has 1 atom stereocenters. The van der Waals surface area contributed by atoms with Gasteiger partial charge in [0, 0.05) is 13.1 Å². The monoisotopic (exact) mass is 319 g/mol. The molecule has 1 fully saturated rings. The summed E-state index contributed by atoms with van der Waals surface area (Å²) in [7, 11) is 0. The fourth-order valence-corrected chi connectivity index (χ4v) is 2.92. The van der Waals surface area contributed by atoms with Crippen LogP contribution in [0.5, 0.6) is 5.75 Å². The molecular formula is C19H29NO3. The number of carbonyl (C=O) groups excluding carboxylic acids is 1. The van der Waals surface area contributed by atoms with Gasteiger partial charge in [0.2, 0.25) is 0 Å². The third-order valence-corrected chi connectivity index (χ3v) is 4.66. The number of nitrogens with zero attached hydrogens (tertiary/aromatic N) is 1. The van der Waals surface area contributed by atoms with Crippen molar-refractivity contribution in [3.05, 3.63) is 29.8 Å². The first kappa shape index (κ1) is 17.8. The van der Waals surface area contributed by atoms with E-state index >= 15 is 0 Å². The number of piperidine rings is 1. The Morgan fingerprint density at radius 1 is 1.26 bits per heavy atom. The highest BCUT2D eigenvalue weighted by Crippen LogP contribution is 2.24. The van der Waals surface area contributed by atoms with Crippen LogP contribution in [-0.4, -0.2) is 41.7 Å². The van der Waals surface area contributed by atoms with Gasteiger partial charge in [0.25, 0.3) is 5.91 Å². The van der Waals surface area contributed by atoms with Crippen LogP contribution in [0.3, 0.4) is 0 Å². The van der Waals surface area contributed by atoms with Crippen molar-refractivity contribution in [1.29, 1.82) is 0 Å². The Kier molecular flexibility index (Phi) is 5.69. The van der Waals surface area contributed by atoms with Crippen LogP contribution in [0.25, 0.3) is 0 Å². The summed E-state index contributed by atoms with van der Waals surface area (Å²) in [6.07, 6.45) is 1.44. The molecule has 128 valence electrons. The molecule has 1 aliphatic rings. The van der Waals surface area contributed by atoms with Crippen molar-refractivity contribution in [2.75, 3.05) is 19.7 Å². The molecule has 2 rings (SSSR count). The molecule has 4 heteroatoms. The van der Waals surface area contributed by atoms with Crippen LogP contribution < -0.4 is 4.74 Å². The predicted octanol–water partition coefficient (Wildman–Crippen LogP) is 2.98. The second-order valence-electron chi connectivity index (χ2n) is 7.52. The van der Waals surface area contributed by atoms with Crippen LogP contribution in [0.2, 0.25) is 0 Å². The number of ether oxygens (including phenoxy) is 1. The molecule has 0 aromatic heterocycles. The van der Waals surface area contributed by atoms with E-state index in [9.17, 15) is 9.90 Å². The summed E-state index contributed by atoms with van der Waals surface area (Å²) >= 11 is 0. The van der Waals surface area contributed by atoms with Crippen molar-refractivity contribution < 1.29 is 14.6 Å². The van der Waals surface area contributed by atoms with Gasteiger partial charge < -0.3 is 14.7 Å². The SMILES string of the molecule is C[C@@H](O)C1CCN(C(=O)COc2ccc(C(C)(C)C)cc2)CC1. The Labute approximate surface area is 139 Å². The zero-order valence-electron chi connectivity index (χ0n) is 14.7. The summed E-state index contributed by atoms with van der Waals surface area (Å²) in [5.41, 5.74) is 1.36. The number of rotatable bonds is 4. The molecule has 1 amide bonds. The number of amides is 1. The Bertz CT molecular complexity index is 508. The molecule has 1 heterocycles. The lowest BCUT2D eigenvalue weighted by Gasteiger charge is -2.33. The first-order chi connectivity index (χ1) is 10.8. The van der Waals surface area contributed by atoms with E-state index in [4.69, 9.17) is 4.74 Å². The predicted molar refractivity (Wildman–Crippen MR) is 91.6 cm³/mol. The lowest BCUT2D eigenvalue weighted by Crippen LogP contribution is -2.42. The van der Waals surface area contributed by atoms with Crippen LogP contribution in [-0.2, 0) is 10.2 Å². The van der Waals surface area contributed by atoms with Crippen molar-refractivity contribution >= 4 is 5.91 Å². The maximum absolute atomic E-state index is 12.2. The minimum Gasteiger partial charge on any atom is -0.484 e. The summed E-state index contributed by atoms with van der Waals surface area (Å²) in [6, 6.07) is 7.95. The number of likely N-dealkylation sites (tertiary alicyclic amines) is 1. The lowest BCUT2D eigenvalue weighted by molar-refractivity contribution is -0.135. The van der Waals surface area contributed by atoms with Crippen molar-refractivity contribution in [2.45, 2.75) is 52.1 Å². The number of benzene rings is 1. The number of aliphatic hydroxyl groups excluding tert-OH is 1. The highest BCUT2D eigenvalue weighted by Gasteiger charge is 2.25. The quantitative estimate of drug-likeness (QED) is 0.928. The summed E-state index contributed by atoms with van der Waals surface area (Å²) in [6.45, 7) is 9.83. The maximum atomic E-state index is 12.2. The van der Waals surface area contributed by atoms with Crippen LogP contribution in [0.4, 0.5) is 0 Å². The van der Waals surface area contributed by atoms with Crippen LogP contribution in [0.1, 0.15) is 46.1 Å². The van der Waals surface area contributed by atoms with Crippen molar-refractivity contribution in [1.82, 2.24) is 4.90 Å². The fraction of sp³-hybridized carbons (Fsp3) is 0.632. The second-order valence-corrected chi connectivity index (χ2v) is 7.52. The number of hydrogen-bond donors (Lipinski definition) is 1. The Morgan fingerprint density at radius 3 is 2.30 bits per heavy atom. The van der Waals surface area contributed by atoms with Gasteiger partial charge in [-0.1, -0.05) is 32.9 Å². The van der Waals surface area contributed by atoms with E-state index in [1.807, 2.05) is 36.1 Å². The molecule has 0 aliphatic carbocycles. The number of carbonyl (C=O) groups is 1. The number of hydrogen-bond acceptors (Lipinski definition) is 3. The molecule has 23 heavy (non-hydrogen) atoms. The molecule has 0 unspecified atom stereocenters.